The van der Waals surface area contributed by atoms with E-state index in [4.69, 9.17) is 10.9 Å². The van der Waals surface area contributed by atoms with E-state index in [1.165, 1.54) is 11.3 Å². The standard InChI is InChI=1S/C13H14N4O2S/c1-7-11(20-8(2)15-7)13(18)16-10-5-3-9(4-6-10)12(14)17-19/h3-6,19H,1-2H3,(H2,14,17)(H,16,18). The molecule has 0 aliphatic rings. The van der Waals surface area contributed by atoms with Gasteiger partial charge in [0.1, 0.15) is 4.88 Å². The second-order valence-corrected chi connectivity index (χ2v) is 5.37. The van der Waals surface area contributed by atoms with E-state index in [0.29, 0.717) is 16.1 Å². The van der Waals surface area contributed by atoms with Gasteiger partial charge in [0.2, 0.25) is 0 Å². The number of carbonyl (C=O) groups is 1. The number of hydrogen-bond acceptors (Lipinski definition) is 5. The minimum atomic E-state index is -0.190. The van der Waals surface area contributed by atoms with E-state index in [0.717, 1.165) is 10.7 Å². The fourth-order valence-electron chi connectivity index (χ4n) is 1.71. The van der Waals surface area contributed by atoms with Crippen LogP contribution in [0.3, 0.4) is 0 Å². The number of rotatable bonds is 3. The molecular weight excluding hydrogens is 276 g/mol. The van der Waals surface area contributed by atoms with Crippen LogP contribution < -0.4 is 11.1 Å². The maximum Gasteiger partial charge on any atom is 0.267 e. The van der Waals surface area contributed by atoms with Crippen LogP contribution in [0.25, 0.3) is 0 Å². The smallest absolute Gasteiger partial charge is 0.267 e. The van der Waals surface area contributed by atoms with E-state index in [1.54, 1.807) is 31.2 Å². The summed E-state index contributed by atoms with van der Waals surface area (Å²) >= 11 is 1.36. The molecule has 0 unspecified atom stereocenters. The van der Waals surface area contributed by atoms with Gasteiger partial charge in [-0.2, -0.15) is 0 Å². The summed E-state index contributed by atoms with van der Waals surface area (Å²) in [5, 5.41) is 15.1. The summed E-state index contributed by atoms with van der Waals surface area (Å²) in [6.45, 7) is 3.67. The molecule has 7 heteroatoms. The van der Waals surface area contributed by atoms with Gasteiger partial charge in [-0.25, -0.2) is 4.98 Å². The summed E-state index contributed by atoms with van der Waals surface area (Å²) in [6, 6.07) is 6.70. The molecule has 0 saturated carbocycles. The van der Waals surface area contributed by atoms with Gasteiger partial charge >= 0.3 is 0 Å². The normalized spacial score (nSPS) is 11.4. The molecule has 1 aromatic heterocycles. The number of anilines is 1. The molecule has 1 amide bonds. The Morgan fingerprint density at radius 1 is 1.35 bits per heavy atom. The van der Waals surface area contributed by atoms with Crippen LogP contribution in [0.5, 0.6) is 0 Å². The summed E-state index contributed by atoms with van der Waals surface area (Å²) in [6.07, 6.45) is 0. The lowest BCUT2D eigenvalue weighted by molar-refractivity contribution is 0.103. The number of thiazole rings is 1. The van der Waals surface area contributed by atoms with Gasteiger partial charge in [-0.05, 0) is 38.1 Å². The van der Waals surface area contributed by atoms with Gasteiger partial charge in [0, 0.05) is 11.3 Å². The number of nitrogens with one attached hydrogen (secondary N) is 1. The van der Waals surface area contributed by atoms with E-state index in [-0.39, 0.29) is 11.7 Å². The molecule has 4 N–H and O–H groups in total. The Labute approximate surface area is 120 Å². The van der Waals surface area contributed by atoms with Crippen molar-refractivity contribution < 1.29 is 10.0 Å². The van der Waals surface area contributed by atoms with Gasteiger partial charge in [0.05, 0.1) is 10.7 Å². The van der Waals surface area contributed by atoms with Gasteiger partial charge in [-0.3, -0.25) is 4.79 Å². The molecule has 6 nitrogen and oxygen atoms in total. The highest BCUT2D eigenvalue weighted by atomic mass is 32.1. The van der Waals surface area contributed by atoms with Crippen molar-refractivity contribution in [2.24, 2.45) is 10.9 Å². The largest absolute Gasteiger partial charge is 0.409 e. The fraction of sp³-hybridized carbons (Fsp3) is 0.154. The number of amides is 1. The van der Waals surface area contributed by atoms with E-state index < -0.39 is 0 Å². The zero-order valence-electron chi connectivity index (χ0n) is 11.0. The van der Waals surface area contributed by atoms with Crippen LogP contribution in [0.4, 0.5) is 5.69 Å². The molecule has 2 aromatic rings. The Hall–Kier alpha value is -2.41. The van der Waals surface area contributed by atoms with Crippen LogP contribution in [-0.2, 0) is 0 Å². The van der Waals surface area contributed by atoms with Crippen LogP contribution >= 0.6 is 11.3 Å². The Morgan fingerprint density at radius 3 is 2.50 bits per heavy atom. The third-order valence-electron chi connectivity index (χ3n) is 2.66. The van der Waals surface area contributed by atoms with Gasteiger partial charge in [0.15, 0.2) is 5.84 Å². The first kappa shape index (κ1) is 14.0. The highest BCUT2D eigenvalue weighted by Gasteiger charge is 2.13. The first-order valence-corrected chi connectivity index (χ1v) is 6.66. The highest BCUT2D eigenvalue weighted by Crippen LogP contribution is 2.19. The Morgan fingerprint density at radius 2 is 2.00 bits per heavy atom. The lowest BCUT2D eigenvalue weighted by Gasteiger charge is -2.05. The van der Waals surface area contributed by atoms with Crippen LogP contribution in [0.15, 0.2) is 29.4 Å². The summed E-state index contributed by atoms with van der Waals surface area (Å²) in [5.41, 5.74) is 7.40. The average Bonchev–Trinajstić information content (AvgIpc) is 2.78. The predicted molar refractivity (Wildman–Crippen MR) is 78.5 cm³/mol. The molecule has 20 heavy (non-hydrogen) atoms. The van der Waals surface area contributed by atoms with Crippen molar-refractivity contribution in [2.45, 2.75) is 13.8 Å². The van der Waals surface area contributed by atoms with Crippen molar-refractivity contribution >= 4 is 28.8 Å². The van der Waals surface area contributed by atoms with Crippen molar-refractivity contribution in [1.29, 1.82) is 0 Å². The zero-order chi connectivity index (χ0) is 14.7. The minimum absolute atomic E-state index is 0.0248. The number of hydrogen-bond donors (Lipinski definition) is 3. The number of oxime groups is 1. The second-order valence-electron chi connectivity index (χ2n) is 4.16. The Balaban J connectivity index is 2.14. The summed E-state index contributed by atoms with van der Waals surface area (Å²) in [7, 11) is 0. The van der Waals surface area contributed by atoms with E-state index >= 15 is 0 Å². The third kappa shape index (κ3) is 2.94. The number of benzene rings is 1. The lowest BCUT2D eigenvalue weighted by atomic mass is 10.2. The Kier molecular flexibility index (Phi) is 3.99. The maximum absolute atomic E-state index is 12.1. The van der Waals surface area contributed by atoms with E-state index in [9.17, 15) is 4.79 Å². The molecule has 0 atom stereocenters. The molecule has 0 fully saturated rings. The monoisotopic (exact) mass is 290 g/mol. The molecule has 0 bridgehead atoms. The predicted octanol–water partition coefficient (Wildman–Crippen LogP) is 2.11. The van der Waals surface area contributed by atoms with E-state index in [2.05, 4.69) is 15.5 Å². The number of carbonyl (C=O) groups excluding carboxylic acids is 1. The highest BCUT2D eigenvalue weighted by molar-refractivity contribution is 7.13. The van der Waals surface area contributed by atoms with Gasteiger partial charge in [-0.1, -0.05) is 5.16 Å². The van der Waals surface area contributed by atoms with Crippen LogP contribution in [0.1, 0.15) is 25.9 Å². The number of amidine groups is 1. The molecule has 0 aliphatic carbocycles. The third-order valence-corrected chi connectivity index (χ3v) is 3.73. The minimum Gasteiger partial charge on any atom is -0.409 e. The zero-order valence-corrected chi connectivity index (χ0v) is 11.9. The molecule has 0 spiro atoms. The number of nitrogens with two attached hydrogens (primary N) is 1. The SMILES string of the molecule is Cc1nc(C)c(C(=O)Nc2ccc(/C(N)=N/O)cc2)s1. The maximum atomic E-state index is 12.1. The number of nitrogens with zero attached hydrogens (tertiary/aromatic N) is 2. The van der Waals surface area contributed by atoms with Crippen LogP contribution in [0, 0.1) is 13.8 Å². The van der Waals surface area contributed by atoms with Gasteiger partial charge < -0.3 is 16.3 Å². The molecule has 2 rings (SSSR count). The second kappa shape index (κ2) is 5.70. The number of aromatic nitrogens is 1. The van der Waals surface area contributed by atoms with Crippen LogP contribution in [0.2, 0.25) is 0 Å². The fourth-order valence-corrected chi connectivity index (χ4v) is 2.53. The topological polar surface area (TPSA) is 101 Å². The van der Waals surface area contributed by atoms with Crippen LogP contribution in [-0.4, -0.2) is 21.9 Å². The summed E-state index contributed by atoms with van der Waals surface area (Å²) in [5.74, 6) is -0.165. The molecule has 1 aromatic carbocycles. The number of aryl methyl sites for hydroxylation is 2. The summed E-state index contributed by atoms with van der Waals surface area (Å²) in [4.78, 5) is 16.9. The van der Waals surface area contributed by atoms with Crippen molar-refractivity contribution in [2.75, 3.05) is 5.32 Å². The quantitative estimate of drug-likeness (QED) is 0.349. The molecule has 0 saturated heterocycles. The molecule has 1 heterocycles. The van der Waals surface area contributed by atoms with E-state index in [1.807, 2.05) is 6.92 Å². The average molecular weight is 290 g/mol. The summed E-state index contributed by atoms with van der Waals surface area (Å²) < 4.78 is 0. The molecular formula is C13H14N4O2S. The lowest BCUT2D eigenvalue weighted by Crippen LogP contribution is -2.14. The van der Waals surface area contributed by atoms with Crippen molar-refractivity contribution in [3.05, 3.63) is 45.4 Å². The van der Waals surface area contributed by atoms with Gasteiger partial charge in [0.25, 0.3) is 5.91 Å². The van der Waals surface area contributed by atoms with Crippen molar-refractivity contribution in [3.63, 3.8) is 0 Å². The van der Waals surface area contributed by atoms with Crippen molar-refractivity contribution in [1.82, 2.24) is 4.98 Å². The van der Waals surface area contributed by atoms with Crippen molar-refractivity contribution in [3.8, 4) is 0 Å². The molecule has 0 aliphatic heterocycles. The van der Waals surface area contributed by atoms with Gasteiger partial charge in [-0.15, -0.1) is 11.3 Å². The molecule has 104 valence electrons. The Bertz CT molecular complexity index is 662. The first-order chi connectivity index (χ1) is 9.51. The first-order valence-electron chi connectivity index (χ1n) is 5.84. The molecule has 0 radical (unpaired) electrons.